The molecule has 0 aromatic rings. The Morgan fingerprint density at radius 3 is 1.74 bits per heavy atom. The summed E-state index contributed by atoms with van der Waals surface area (Å²) in [7, 11) is 0. The summed E-state index contributed by atoms with van der Waals surface area (Å²) in [5.41, 5.74) is 6.20. The summed E-state index contributed by atoms with van der Waals surface area (Å²) in [6.45, 7) is 6.90. The van der Waals surface area contributed by atoms with E-state index >= 15 is 0 Å². The maximum Gasteiger partial charge on any atom is 0.00413 e. The smallest absolute Gasteiger partial charge is 0.00413 e. The third kappa shape index (κ3) is 14.2. The molecule has 0 heterocycles. The molecule has 0 spiro atoms. The zero-order valence-corrected chi connectivity index (χ0v) is 13.9. The van der Waals surface area contributed by atoms with Crippen LogP contribution in [-0.4, -0.2) is 6.04 Å². The van der Waals surface area contributed by atoms with Crippen LogP contribution in [0.5, 0.6) is 0 Å². The third-order valence-corrected chi connectivity index (χ3v) is 4.17. The van der Waals surface area contributed by atoms with E-state index in [1.807, 2.05) is 0 Å². The number of rotatable bonds is 14. The van der Waals surface area contributed by atoms with Crippen LogP contribution in [0.25, 0.3) is 0 Å². The Bertz CT molecular complexity index is 167. The Morgan fingerprint density at radius 1 is 0.684 bits per heavy atom. The van der Waals surface area contributed by atoms with Gasteiger partial charge in [-0.1, -0.05) is 91.4 Å². The van der Waals surface area contributed by atoms with Crippen LogP contribution in [-0.2, 0) is 0 Å². The fraction of sp³-hybridized carbons (Fsp3) is 1.00. The zero-order valence-electron chi connectivity index (χ0n) is 13.9. The van der Waals surface area contributed by atoms with Crippen molar-refractivity contribution in [2.45, 2.75) is 110 Å². The first-order chi connectivity index (χ1) is 9.20. The number of hydrogen-bond acceptors (Lipinski definition) is 1. The summed E-state index contributed by atoms with van der Waals surface area (Å²) in [5.74, 6) is 0.818. The highest BCUT2D eigenvalue weighted by Crippen LogP contribution is 2.16. The largest absolute Gasteiger partial charge is 0.328 e. The highest BCUT2D eigenvalue weighted by molar-refractivity contribution is 4.65. The van der Waals surface area contributed by atoms with E-state index in [0.717, 1.165) is 5.92 Å². The van der Waals surface area contributed by atoms with Crippen molar-refractivity contribution < 1.29 is 0 Å². The fourth-order valence-electron chi connectivity index (χ4n) is 2.96. The Hall–Kier alpha value is -0.0400. The molecule has 0 aliphatic rings. The van der Waals surface area contributed by atoms with Crippen LogP contribution >= 0.6 is 0 Å². The van der Waals surface area contributed by atoms with Gasteiger partial charge >= 0.3 is 0 Å². The van der Waals surface area contributed by atoms with E-state index in [-0.39, 0.29) is 0 Å². The average Bonchev–Trinajstić information content (AvgIpc) is 2.37. The molecule has 0 aromatic carbocycles. The van der Waals surface area contributed by atoms with E-state index in [2.05, 4.69) is 20.8 Å². The van der Waals surface area contributed by atoms with Gasteiger partial charge < -0.3 is 5.73 Å². The molecule has 0 aromatic heterocycles. The van der Waals surface area contributed by atoms with Crippen LogP contribution < -0.4 is 5.73 Å². The lowest BCUT2D eigenvalue weighted by molar-refractivity contribution is 0.408. The summed E-state index contributed by atoms with van der Waals surface area (Å²) >= 11 is 0. The molecule has 0 fully saturated rings. The average molecular weight is 270 g/mol. The van der Waals surface area contributed by atoms with Gasteiger partial charge in [0.25, 0.3) is 0 Å². The van der Waals surface area contributed by atoms with Gasteiger partial charge in [0.15, 0.2) is 0 Å². The molecule has 2 N–H and O–H groups in total. The molecule has 1 nitrogen and oxygen atoms in total. The van der Waals surface area contributed by atoms with Gasteiger partial charge in [0.05, 0.1) is 0 Å². The van der Waals surface area contributed by atoms with Crippen LogP contribution in [0, 0.1) is 5.92 Å². The van der Waals surface area contributed by atoms with Gasteiger partial charge in [-0.05, 0) is 18.8 Å². The molecule has 0 saturated heterocycles. The maximum atomic E-state index is 6.20. The van der Waals surface area contributed by atoms with E-state index in [1.54, 1.807) is 0 Å². The second kappa shape index (κ2) is 14.4. The van der Waals surface area contributed by atoms with Gasteiger partial charge in [-0.2, -0.15) is 0 Å². The van der Waals surface area contributed by atoms with Crippen LogP contribution in [0.15, 0.2) is 0 Å². The van der Waals surface area contributed by atoms with E-state index in [1.165, 1.54) is 83.5 Å². The van der Waals surface area contributed by atoms with Crippen molar-refractivity contribution in [1.82, 2.24) is 0 Å². The Morgan fingerprint density at radius 2 is 1.21 bits per heavy atom. The molecule has 2 unspecified atom stereocenters. The van der Waals surface area contributed by atoms with Crippen molar-refractivity contribution in [1.29, 1.82) is 0 Å². The van der Waals surface area contributed by atoms with Gasteiger partial charge in [0.2, 0.25) is 0 Å². The minimum atomic E-state index is 0.450. The molecule has 19 heavy (non-hydrogen) atoms. The summed E-state index contributed by atoms with van der Waals surface area (Å²) in [6.07, 6.45) is 17.8. The van der Waals surface area contributed by atoms with Crippen molar-refractivity contribution in [2.24, 2.45) is 11.7 Å². The lowest BCUT2D eigenvalue weighted by Crippen LogP contribution is -2.22. The molecule has 0 aliphatic heterocycles. The minimum Gasteiger partial charge on any atom is -0.328 e. The van der Waals surface area contributed by atoms with Gasteiger partial charge in [-0.15, -0.1) is 0 Å². The van der Waals surface area contributed by atoms with Crippen LogP contribution in [0.4, 0.5) is 0 Å². The maximum absolute atomic E-state index is 6.20. The molecule has 2 atom stereocenters. The van der Waals surface area contributed by atoms with E-state index < -0.39 is 0 Å². The third-order valence-electron chi connectivity index (χ3n) is 4.17. The van der Waals surface area contributed by atoms with E-state index in [9.17, 15) is 0 Å². The number of hydrogen-bond donors (Lipinski definition) is 1. The molecule has 0 saturated carbocycles. The van der Waals surface area contributed by atoms with Crippen molar-refractivity contribution in [2.75, 3.05) is 0 Å². The molecule has 116 valence electrons. The summed E-state index contributed by atoms with van der Waals surface area (Å²) in [5, 5.41) is 0. The highest BCUT2D eigenvalue weighted by atomic mass is 14.6. The Labute approximate surface area is 122 Å². The molecule has 0 radical (unpaired) electrons. The molecule has 0 bridgehead atoms. The van der Waals surface area contributed by atoms with Gasteiger partial charge in [0.1, 0.15) is 0 Å². The lowest BCUT2D eigenvalue weighted by Gasteiger charge is -2.16. The van der Waals surface area contributed by atoms with Crippen LogP contribution in [0.3, 0.4) is 0 Å². The first-order valence-electron chi connectivity index (χ1n) is 8.96. The van der Waals surface area contributed by atoms with E-state index in [4.69, 9.17) is 5.73 Å². The Kier molecular flexibility index (Phi) is 14.3. The summed E-state index contributed by atoms with van der Waals surface area (Å²) < 4.78 is 0. The zero-order chi connectivity index (χ0) is 14.3. The monoisotopic (exact) mass is 269 g/mol. The van der Waals surface area contributed by atoms with Gasteiger partial charge in [-0.3, -0.25) is 0 Å². The summed E-state index contributed by atoms with van der Waals surface area (Å²) in [6, 6.07) is 0.450. The van der Waals surface area contributed by atoms with E-state index in [0.29, 0.717) is 6.04 Å². The Balaban J connectivity index is 3.20. The molecular weight excluding hydrogens is 230 g/mol. The van der Waals surface area contributed by atoms with Crippen molar-refractivity contribution >= 4 is 0 Å². The van der Waals surface area contributed by atoms with Crippen molar-refractivity contribution in [3.63, 3.8) is 0 Å². The first kappa shape index (κ1) is 19.0. The van der Waals surface area contributed by atoms with Crippen molar-refractivity contribution in [3.05, 3.63) is 0 Å². The second-order valence-electron chi connectivity index (χ2n) is 6.51. The highest BCUT2D eigenvalue weighted by Gasteiger charge is 2.07. The second-order valence-corrected chi connectivity index (χ2v) is 6.51. The predicted octanol–water partition coefficient (Wildman–Crippen LogP) is 6.06. The molecule has 0 amide bonds. The predicted molar refractivity (Wildman–Crippen MR) is 88.5 cm³/mol. The molecule has 1 heteroatoms. The summed E-state index contributed by atoms with van der Waals surface area (Å²) in [4.78, 5) is 0. The van der Waals surface area contributed by atoms with Crippen molar-refractivity contribution in [3.8, 4) is 0 Å². The first-order valence-corrected chi connectivity index (χ1v) is 8.96. The fourth-order valence-corrected chi connectivity index (χ4v) is 2.96. The topological polar surface area (TPSA) is 26.0 Å². The molecular formula is C18H39N. The number of nitrogens with two attached hydrogens (primary N) is 1. The van der Waals surface area contributed by atoms with Gasteiger partial charge in [-0.25, -0.2) is 0 Å². The minimum absolute atomic E-state index is 0.450. The van der Waals surface area contributed by atoms with Gasteiger partial charge in [0, 0.05) is 6.04 Å². The quantitative estimate of drug-likeness (QED) is 0.381. The number of unbranched alkanes of at least 4 members (excludes halogenated alkanes) is 8. The SMILES string of the molecule is CCCCCCCCCCCC(N)CC(C)CCC. The standard InChI is InChI=1S/C18H39N/c1-4-6-7-8-9-10-11-12-13-15-18(19)16-17(3)14-5-2/h17-18H,4-16,19H2,1-3H3. The van der Waals surface area contributed by atoms with Crippen LogP contribution in [0.2, 0.25) is 0 Å². The van der Waals surface area contributed by atoms with Crippen LogP contribution in [0.1, 0.15) is 104 Å². The normalized spacial score (nSPS) is 14.5. The lowest BCUT2D eigenvalue weighted by atomic mass is 9.94. The molecule has 0 rings (SSSR count). The molecule has 0 aliphatic carbocycles.